The van der Waals surface area contributed by atoms with Gasteiger partial charge in [-0.3, -0.25) is 9.10 Å². The summed E-state index contributed by atoms with van der Waals surface area (Å²) in [6.07, 6.45) is 1.08. The third-order valence-electron chi connectivity index (χ3n) is 4.12. The summed E-state index contributed by atoms with van der Waals surface area (Å²) in [4.78, 5) is 14.2. The summed E-state index contributed by atoms with van der Waals surface area (Å²) in [6.45, 7) is 2.31. The number of carbonyl (C=O) groups excluding carboxylic acids is 1. The number of para-hydroxylation sites is 1. The van der Waals surface area contributed by atoms with Gasteiger partial charge in [-0.05, 0) is 25.1 Å². The predicted molar refractivity (Wildman–Crippen MR) is 109 cm³/mol. The van der Waals surface area contributed by atoms with E-state index in [0.717, 1.165) is 16.1 Å². The molecule has 152 valence electrons. The number of benzene rings is 2. The molecule has 0 heterocycles. The highest BCUT2D eigenvalue weighted by Crippen LogP contribution is 2.24. The van der Waals surface area contributed by atoms with E-state index in [4.69, 9.17) is 9.47 Å². The number of likely N-dealkylation sites (N-methyl/N-ethyl adjacent to an activating group) is 1. The Kier molecular flexibility index (Phi) is 7.28. The Hall–Kier alpha value is -2.74. The van der Waals surface area contributed by atoms with Crippen molar-refractivity contribution in [3.8, 4) is 11.5 Å². The van der Waals surface area contributed by atoms with E-state index < -0.39 is 10.0 Å². The van der Waals surface area contributed by atoms with Gasteiger partial charge in [0.1, 0.15) is 18.0 Å². The van der Waals surface area contributed by atoms with Crippen LogP contribution < -0.4 is 13.8 Å². The second-order valence-electron chi connectivity index (χ2n) is 6.26. The smallest absolute Gasteiger partial charge is 0.243 e. The number of carbonyl (C=O) groups is 1. The quantitative estimate of drug-likeness (QED) is 0.640. The van der Waals surface area contributed by atoms with E-state index in [0.29, 0.717) is 30.3 Å². The van der Waals surface area contributed by atoms with Crippen LogP contribution in [0.25, 0.3) is 0 Å². The number of amides is 1. The number of methoxy groups -OCH3 is 1. The molecule has 0 aliphatic rings. The van der Waals surface area contributed by atoms with Gasteiger partial charge in [0, 0.05) is 25.2 Å². The van der Waals surface area contributed by atoms with Crippen LogP contribution in [-0.2, 0) is 21.4 Å². The van der Waals surface area contributed by atoms with Crippen molar-refractivity contribution in [2.75, 3.05) is 37.9 Å². The van der Waals surface area contributed by atoms with Crippen LogP contribution in [0.15, 0.2) is 48.5 Å². The lowest BCUT2D eigenvalue weighted by Crippen LogP contribution is -2.41. The molecule has 2 aromatic carbocycles. The van der Waals surface area contributed by atoms with Gasteiger partial charge in [-0.2, -0.15) is 0 Å². The Bertz CT molecular complexity index is 914. The van der Waals surface area contributed by atoms with Crippen LogP contribution in [0.4, 0.5) is 5.69 Å². The fourth-order valence-electron chi connectivity index (χ4n) is 2.72. The maximum atomic E-state index is 12.7. The molecular weight excluding hydrogens is 380 g/mol. The maximum Gasteiger partial charge on any atom is 0.243 e. The van der Waals surface area contributed by atoms with Crippen LogP contribution in [0.3, 0.4) is 0 Å². The van der Waals surface area contributed by atoms with Crippen molar-refractivity contribution in [3.05, 3.63) is 54.1 Å². The number of hydrogen-bond acceptors (Lipinski definition) is 5. The summed E-state index contributed by atoms with van der Waals surface area (Å²) in [5.41, 5.74) is 1.22. The minimum absolute atomic E-state index is 0.305. The molecular formula is C20H26N2O5S. The average Bonchev–Trinajstić information content (AvgIpc) is 2.65. The van der Waals surface area contributed by atoms with Crippen molar-refractivity contribution in [3.63, 3.8) is 0 Å². The Morgan fingerprint density at radius 1 is 1.11 bits per heavy atom. The van der Waals surface area contributed by atoms with Gasteiger partial charge in [-0.1, -0.05) is 24.3 Å². The lowest BCUT2D eigenvalue weighted by Gasteiger charge is -2.26. The largest absolute Gasteiger partial charge is 0.496 e. The van der Waals surface area contributed by atoms with Crippen molar-refractivity contribution < 1.29 is 22.7 Å². The van der Waals surface area contributed by atoms with Gasteiger partial charge in [0.25, 0.3) is 0 Å². The molecule has 0 saturated heterocycles. The first-order valence-corrected chi connectivity index (χ1v) is 10.7. The van der Waals surface area contributed by atoms with Crippen LogP contribution >= 0.6 is 0 Å². The molecule has 0 aliphatic heterocycles. The van der Waals surface area contributed by atoms with Gasteiger partial charge in [0.05, 0.1) is 25.7 Å². The minimum atomic E-state index is -3.66. The summed E-state index contributed by atoms with van der Waals surface area (Å²) < 4.78 is 36.4. The van der Waals surface area contributed by atoms with Crippen molar-refractivity contribution in [2.45, 2.75) is 13.5 Å². The second kappa shape index (κ2) is 9.45. The van der Waals surface area contributed by atoms with E-state index >= 15 is 0 Å². The SMILES string of the molecule is CCOc1cccc(N(CC(=O)N(C)Cc2ccccc2OC)S(C)(=O)=O)c1. The highest BCUT2D eigenvalue weighted by Gasteiger charge is 2.23. The van der Waals surface area contributed by atoms with Gasteiger partial charge in [0.2, 0.25) is 15.9 Å². The first-order valence-electron chi connectivity index (χ1n) is 8.82. The van der Waals surface area contributed by atoms with Crippen molar-refractivity contribution in [1.82, 2.24) is 4.90 Å². The third-order valence-corrected chi connectivity index (χ3v) is 5.26. The summed E-state index contributed by atoms with van der Waals surface area (Å²) in [6, 6.07) is 14.1. The molecule has 0 spiro atoms. The Labute approximate surface area is 166 Å². The fraction of sp³-hybridized carbons (Fsp3) is 0.350. The van der Waals surface area contributed by atoms with Crippen LogP contribution in [0.2, 0.25) is 0 Å². The lowest BCUT2D eigenvalue weighted by atomic mass is 10.2. The van der Waals surface area contributed by atoms with Gasteiger partial charge in [-0.25, -0.2) is 8.42 Å². The van der Waals surface area contributed by atoms with E-state index in [2.05, 4.69) is 0 Å². The minimum Gasteiger partial charge on any atom is -0.496 e. The average molecular weight is 407 g/mol. The number of rotatable bonds is 9. The van der Waals surface area contributed by atoms with E-state index in [1.165, 1.54) is 4.90 Å². The molecule has 0 fully saturated rings. The van der Waals surface area contributed by atoms with Gasteiger partial charge in [0.15, 0.2) is 0 Å². The van der Waals surface area contributed by atoms with Crippen molar-refractivity contribution in [1.29, 1.82) is 0 Å². The van der Waals surface area contributed by atoms with Gasteiger partial charge < -0.3 is 14.4 Å². The van der Waals surface area contributed by atoms with Crippen LogP contribution in [0.5, 0.6) is 11.5 Å². The van der Waals surface area contributed by atoms with E-state index in [1.807, 2.05) is 31.2 Å². The van der Waals surface area contributed by atoms with Crippen LogP contribution in [-0.4, -0.2) is 52.8 Å². The van der Waals surface area contributed by atoms with E-state index in [-0.39, 0.29) is 12.5 Å². The molecule has 0 aromatic heterocycles. The number of hydrogen-bond donors (Lipinski definition) is 0. The predicted octanol–water partition coefficient (Wildman–Crippen LogP) is 2.52. The number of nitrogens with zero attached hydrogens (tertiary/aromatic N) is 2. The zero-order valence-corrected chi connectivity index (χ0v) is 17.4. The third kappa shape index (κ3) is 5.63. The Morgan fingerprint density at radius 2 is 1.82 bits per heavy atom. The molecule has 2 aromatic rings. The monoisotopic (exact) mass is 406 g/mol. The molecule has 0 atom stereocenters. The molecule has 0 bridgehead atoms. The van der Waals surface area contributed by atoms with Gasteiger partial charge in [-0.15, -0.1) is 0 Å². The van der Waals surface area contributed by atoms with Gasteiger partial charge >= 0.3 is 0 Å². The van der Waals surface area contributed by atoms with E-state index in [9.17, 15) is 13.2 Å². The Balaban J connectivity index is 2.20. The summed E-state index contributed by atoms with van der Waals surface area (Å²) in [5.74, 6) is 0.883. The first-order chi connectivity index (χ1) is 13.3. The number of ether oxygens (including phenoxy) is 2. The number of anilines is 1. The van der Waals surface area contributed by atoms with Crippen molar-refractivity contribution >= 4 is 21.6 Å². The highest BCUT2D eigenvalue weighted by atomic mass is 32.2. The molecule has 8 heteroatoms. The molecule has 0 radical (unpaired) electrons. The van der Waals surface area contributed by atoms with Crippen molar-refractivity contribution in [2.24, 2.45) is 0 Å². The normalized spacial score (nSPS) is 11.0. The first kappa shape index (κ1) is 21.6. The molecule has 0 saturated carbocycles. The molecule has 0 aliphatic carbocycles. The summed E-state index contributed by atoms with van der Waals surface area (Å²) in [5, 5.41) is 0. The Morgan fingerprint density at radius 3 is 2.46 bits per heavy atom. The molecule has 1 amide bonds. The zero-order valence-electron chi connectivity index (χ0n) is 16.6. The molecule has 0 N–H and O–H groups in total. The highest BCUT2D eigenvalue weighted by molar-refractivity contribution is 7.92. The molecule has 28 heavy (non-hydrogen) atoms. The molecule has 7 nitrogen and oxygen atoms in total. The number of sulfonamides is 1. The van der Waals surface area contributed by atoms with E-state index in [1.54, 1.807) is 38.4 Å². The second-order valence-corrected chi connectivity index (χ2v) is 8.17. The molecule has 0 unspecified atom stereocenters. The topological polar surface area (TPSA) is 76.2 Å². The van der Waals surface area contributed by atoms with Crippen LogP contribution in [0, 0.1) is 0 Å². The maximum absolute atomic E-state index is 12.7. The lowest BCUT2D eigenvalue weighted by molar-refractivity contribution is -0.128. The molecule has 2 rings (SSSR count). The summed E-state index contributed by atoms with van der Waals surface area (Å²) in [7, 11) is -0.461. The summed E-state index contributed by atoms with van der Waals surface area (Å²) >= 11 is 0. The fourth-order valence-corrected chi connectivity index (χ4v) is 3.56. The standard InChI is InChI=1S/C20H26N2O5S/c1-5-27-18-11-8-10-17(13-18)22(28(4,24)25)15-20(23)21(2)14-16-9-6-7-12-19(16)26-3/h6-13H,5,14-15H2,1-4H3. The zero-order chi connectivity index (χ0) is 20.7. The van der Waals surface area contributed by atoms with Crippen LogP contribution in [0.1, 0.15) is 12.5 Å².